The summed E-state index contributed by atoms with van der Waals surface area (Å²) >= 11 is 5.60. The van der Waals surface area contributed by atoms with Crippen molar-refractivity contribution in [2.24, 2.45) is 7.05 Å². The Morgan fingerprint density at radius 2 is 2.38 bits per heavy atom. The van der Waals surface area contributed by atoms with Gasteiger partial charge in [-0.2, -0.15) is 5.10 Å². The molecular formula is C11H18ClN3O. The highest BCUT2D eigenvalue weighted by Crippen LogP contribution is 2.04. The Balaban J connectivity index is 2.55. The molecule has 1 heterocycles. The smallest absolute Gasteiger partial charge is 0.269 e. The summed E-state index contributed by atoms with van der Waals surface area (Å²) in [5, 5.41) is 7.06. The number of hydrogen-bond acceptors (Lipinski definition) is 2. The predicted molar refractivity (Wildman–Crippen MR) is 64.8 cm³/mol. The Hall–Kier alpha value is -1.03. The van der Waals surface area contributed by atoms with E-state index in [9.17, 15) is 4.79 Å². The van der Waals surface area contributed by atoms with Gasteiger partial charge in [0.25, 0.3) is 5.91 Å². The van der Waals surface area contributed by atoms with Crippen molar-refractivity contribution in [2.45, 2.75) is 32.7 Å². The van der Waals surface area contributed by atoms with E-state index in [1.807, 2.05) is 13.8 Å². The van der Waals surface area contributed by atoms with E-state index in [4.69, 9.17) is 11.6 Å². The van der Waals surface area contributed by atoms with Crippen LogP contribution in [0.15, 0.2) is 6.07 Å². The van der Waals surface area contributed by atoms with E-state index in [0.717, 1.165) is 18.5 Å². The van der Waals surface area contributed by atoms with Crippen molar-refractivity contribution in [3.8, 4) is 0 Å². The van der Waals surface area contributed by atoms with Crippen LogP contribution in [0.1, 0.15) is 35.9 Å². The molecule has 0 bridgehead atoms. The highest BCUT2D eigenvalue weighted by Gasteiger charge is 2.13. The summed E-state index contributed by atoms with van der Waals surface area (Å²) in [5.74, 6) is 0.551. The van der Waals surface area contributed by atoms with Crippen LogP contribution in [0.4, 0.5) is 0 Å². The van der Waals surface area contributed by atoms with Crippen molar-refractivity contribution in [2.75, 3.05) is 5.88 Å². The first kappa shape index (κ1) is 13.0. The van der Waals surface area contributed by atoms with Crippen molar-refractivity contribution in [1.29, 1.82) is 0 Å². The van der Waals surface area contributed by atoms with Crippen LogP contribution in [0.2, 0.25) is 0 Å². The quantitative estimate of drug-likeness (QED) is 0.803. The van der Waals surface area contributed by atoms with Gasteiger partial charge in [-0.05, 0) is 32.8 Å². The molecule has 1 aromatic rings. The predicted octanol–water partition coefficient (Wildman–Crippen LogP) is 1.87. The number of hydrogen-bond donors (Lipinski definition) is 1. The monoisotopic (exact) mass is 243 g/mol. The lowest BCUT2D eigenvalue weighted by molar-refractivity contribution is 0.0929. The maximum Gasteiger partial charge on any atom is 0.269 e. The lowest BCUT2D eigenvalue weighted by Gasteiger charge is -2.12. The third kappa shape index (κ3) is 3.52. The number of carbonyl (C=O) groups excluding carboxylic acids is 1. The molecule has 0 radical (unpaired) electrons. The molecule has 90 valence electrons. The van der Waals surface area contributed by atoms with Gasteiger partial charge in [-0.25, -0.2) is 0 Å². The van der Waals surface area contributed by atoms with Crippen molar-refractivity contribution in [1.82, 2.24) is 15.1 Å². The second kappa shape index (κ2) is 5.89. The molecule has 0 aromatic carbocycles. The zero-order chi connectivity index (χ0) is 12.1. The molecule has 1 rings (SSSR count). The van der Waals surface area contributed by atoms with E-state index in [1.54, 1.807) is 17.8 Å². The van der Waals surface area contributed by atoms with Gasteiger partial charge in [-0.15, -0.1) is 11.6 Å². The Morgan fingerprint density at radius 3 is 2.88 bits per heavy atom. The van der Waals surface area contributed by atoms with E-state index in [-0.39, 0.29) is 11.9 Å². The molecule has 0 fully saturated rings. The van der Waals surface area contributed by atoms with Crippen LogP contribution in [0.25, 0.3) is 0 Å². The summed E-state index contributed by atoms with van der Waals surface area (Å²) in [6.07, 6.45) is 1.81. The summed E-state index contributed by atoms with van der Waals surface area (Å²) in [6.45, 7) is 3.85. The van der Waals surface area contributed by atoms with Gasteiger partial charge in [0.1, 0.15) is 5.69 Å². The van der Waals surface area contributed by atoms with Gasteiger partial charge < -0.3 is 5.32 Å². The number of carbonyl (C=O) groups is 1. The summed E-state index contributed by atoms with van der Waals surface area (Å²) in [7, 11) is 1.77. The first-order valence-electron chi connectivity index (χ1n) is 5.42. The molecule has 0 aliphatic carbocycles. The van der Waals surface area contributed by atoms with E-state index >= 15 is 0 Å². The van der Waals surface area contributed by atoms with Crippen LogP contribution in [0.3, 0.4) is 0 Å². The first-order chi connectivity index (χ1) is 7.54. The molecule has 0 aliphatic heterocycles. The lowest BCUT2D eigenvalue weighted by atomic mass is 10.2. The fourth-order valence-corrected chi connectivity index (χ4v) is 1.73. The summed E-state index contributed by atoms with van der Waals surface area (Å²) < 4.78 is 1.60. The molecule has 1 aromatic heterocycles. The fourth-order valence-electron chi connectivity index (χ4n) is 1.58. The molecule has 1 N–H and O–H groups in total. The highest BCUT2D eigenvalue weighted by atomic mass is 35.5. The Kier molecular flexibility index (Phi) is 4.80. The number of aryl methyl sites for hydroxylation is 2. The zero-order valence-corrected chi connectivity index (χ0v) is 10.7. The summed E-state index contributed by atoms with van der Waals surface area (Å²) in [4.78, 5) is 11.8. The Morgan fingerprint density at radius 1 is 1.69 bits per heavy atom. The normalized spacial score (nSPS) is 12.5. The van der Waals surface area contributed by atoms with Crippen LogP contribution in [-0.2, 0) is 7.05 Å². The third-order valence-corrected chi connectivity index (χ3v) is 2.65. The lowest BCUT2D eigenvalue weighted by Crippen LogP contribution is -2.33. The minimum Gasteiger partial charge on any atom is -0.348 e. The molecule has 0 spiro atoms. The average molecular weight is 244 g/mol. The van der Waals surface area contributed by atoms with Crippen molar-refractivity contribution < 1.29 is 4.79 Å². The Labute approximate surface area is 101 Å². The summed E-state index contributed by atoms with van der Waals surface area (Å²) in [6, 6.07) is 1.92. The molecule has 16 heavy (non-hydrogen) atoms. The number of alkyl halides is 1. The largest absolute Gasteiger partial charge is 0.348 e. The third-order valence-electron chi connectivity index (χ3n) is 2.38. The maximum atomic E-state index is 11.8. The van der Waals surface area contributed by atoms with E-state index in [1.165, 1.54) is 0 Å². The van der Waals surface area contributed by atoms with Crippen LogP contribution in [0.5, 0.6) is 0 Å². The minimum absolute atomic E-state index is 0.0785. The molecule has 0 aliphatic rings. The second-order valence-electron chi connectivity index (χ2n) is 4.00. The maximum absolute atomic E-state index is 11.8. The van der Waals surface area contributed by atoms with E-state index < -0.39 is 0 Å². The van der Waals surface area contributed by atoms with Crippen LogP contribution in [-0.4, -0.2) is 27.6 Å². The van der Waals surface area contributed by atoms with E-state index in [2.05, 4.69) is 10.4 Å². The average Bonchev–Trinajstić information content (AvgIpc) is 2.54. The van der Waals surface area contributed by atoms with Gasteiger partial charge in [0.05, 0.1) is 5.69 Å². The molecule has 0 saturated carbocycles. The second-order valence-corrected chi connectivity index (χ2v) is 4.38. The van der Waals surface area contributed by atoms with Gasteiger partial charge >= 0.3 is 0 Å². The molecule has 1 unspecified atom stereocenters. The number of halogens is 1. The number of amides is 1. The van der Waals surface area contributed by atoms with Crippen molar-refractivity contribution >= 4 is 17.5 Å². The minimum atomic E-state index is -0.0785. The molecular weight excluding hydrogens is 226 g/mol. The highest BCUT2D eigenvalue weighted by molar-refractivity contribution is 6.17. The number of nitrogens with one attached hydrogen (secondary N) is 1. The number of aromatic nitrogens is 2. The first-order valence-corrected chi connectivity index (χ1v) is 5.95. The molecule has 1 atom stereocenters. The fraction of sp³-hybridized carbons (Fsp3) is 0.636. The molecule has 0 saturated heterocycles. The molecule has 1 amide bonds. The molecule has 4 nitrogen and oxygen atoms in total. The zero-order valence-electron chi connectivity index (χ0n) is 9.96. The number of nitrogens with zero attached hydrogens (tertiary/aromatic N) is 2. The summed E-state index contributed by atoms with van der Waals surface area (Å²) in [5.41, 5.74) is 1.44. The van der Waals surface area contributed by atoms with Gasteiger partial charge in [-0.1, -0.05) is 0 Å². The Bertz CT molecular complexity index is 362. The van der Waals surface area contributed by atoms with Gasteiger partial charge in [0.15, 0.2) is 0 Å². The van der Waals surface area contributed by atoms with Crippen LogP contribution in [0, 0.1) is 6.92 Å². The van der Waals surface area contributed by atoms with E-state index in [0.29, 0.717) is 11.6 Å². The van der Waals surface area contributed by atoms with Crippen LogP contribution >= 0.6 is 11.6 Å². The van der Waals surface area contributed by atoms with Crippen molar-refractivity contribution in [3.05, 3.63) is 17.5 Å². The van der Waals surface area contributed by atoms with Crippen LogP contribution < -0.4 is 5.32 Å². The molecule has 5 heteroatoms. The van der Waals surface area contributed by atoms with Gasteiger partial charge in [-0.3, -0.25) is 9.48 Å². The number of rotatable bonds is 5. The van der Waals surface area contributed by atoms with Gasteiger partial charge in [0.2, 0.25) is 0 Å². The SMILES string of the molecule is Cc1cc(C(=O)NC(C)CCCCl)n(C)n1. The standard InChI is InChI=1S/C11H18ClN3O/c1-8(5-4-6-12)13-11(16)10-7-9(2)14-15(10)3/h7-8H,4-6H2,1-3H3,(H,13,16). The topological polar surface area (TPSA) is 46.9 Å². The van der Waals surface area contributed by atoms with Crippen molar-refractivity contribution in [3.63, 3.8) is 0 Å². The van der Waals surface area contributed by atoms with Gasteiger partial charge in [0, 0.05) is 19.0 Å².